The van der Waals surface area contributed by atoms with E-state index in [-0.39, 0.29) is 11.5 Å². The molecule has 24 heavy (non-hydrogen) atoms. The fraction of sp³-hybridized carbons (Fsp3) is 0.150. The summed E-state index contributed by atoms with van der Waals surface area (Å²) in [7, 11) is 0. The van der Waals surface area contributed by atoms with Crippen molar-refractivity contribution < 1.29 is 19.5 Å². The lowest BCUT2D eigenvalue weighted by Crippen LogP contribution is -2.20. The van der Waals surface area contributed by atoms with Crippen LogP contribution in [0.3, 0.4) is 0 Å². The van der Waals surface area contributed by atoms with Gasteiger partial charge in [-0.1, -0.05) is 37.3 Å². The minimum atomic E-state index is -0.989. The number of carbonyl (C=O) groups is 3. The lowest BCUT2D eigenvalue weighted by Gasteiger charge is -2.22. The first-order valence-corrected chi connectivity index (χ1v) is 7.63. The van der Waals surface area contributed by atoms with Crippen LogP contribution in [0, 0.1) is 6.92 Å². The predicted molar refractivity (Wildman–Crippen MR) is 90.3 cm³/mol. The molecule has 0 saturated heterocycles. The molecule has 0 bridgehead atoms. The fourth-order valence-electron chi connectivity index (χ4n) is 3.07. The van der Waals surface area contributed by atoms with Gasteiger partial charge in [0.1, 0.15) is 0 Å². The van der Waals surface area contributed by atoms with Crippen molar-refractivity contribution in [3.05, 3.63) is 76.4 Å². The maximum absolute atomic E-state index is 12.0. The maximum atomic E-state index is 12.0. The summed E-state index contributed by atoms with van der Waals surface area (Å²) in [4.78, 5) is 35.4. The zero-order chi connectivity index (χ0) is 17.4. The highest BCUT2D eigenvalue weighted by Crippen LogP contribution is 2.36. The summed E-state index contributed by atoms with van der Waals surface area (Å²) in [5.41, 5.74) is 3.71. The van der Waals surface area contributed by atoms with Gasteiger partial charge in [0.05, 0.1) is 5.56 Å². The second-order valence-electron chi connectivity index (χ2n) is 6.00. The van der Waals surface area contributed by atoms with E-state index in [9.17, 15) is 19.5 Å². The summed E-state index contributed by atoms with van der Waals surface area (Å²) in [5.74, 6) is -2.24. The van der Waals surface area contributed by atoms with E-state index < -0.39 is 17.5 Å². The minimum absolute atomic E-state index is 0.207. The highest BCUT2D eigenvalue weighted by molar-refractivity contribution is 6.50. The number of aryl methyl sites for hydroxylation is 1. The van der Waals surface area contributed by atoms with Gasteiger partial charge in [0.15, 0.2) is 0 Å². The molecule has 0 amide bonds. The van der Waals surface area contributed by atoms with E-state index in [0.29, 0.717) is 5.56 Å². The molecule has 2 aromatic carbocycles. The Hall–Kier alpha value is -3.01. The molecule has 3 rings (SSSR count). The molecule has 0 radical (unpaired) electrons. The number of Topliss-reactive ketones (excluding diaryl/α,β-unsaturated/α-hetero) is 1. The van der Waals surface area contributed by atoms with Crippen LogP contribution in [0.1, 0.15) is 50.2 Å². The van der Waals surface area contributed by atoms with Gasteiger partial charge in [-0.25, -0.2) is 4.79 Å². The summed E-state index contributed by atoms with van der Waals surface area (Å²) in [6.07, 6.45) is 1.37. The van der Waals surface area contributed by atoms with E-state index >= 15 is 0 Å². The average molecular weight is 320 g/mol. The van der Waals surface area contributed by atoms with Gasteiger partial charge in [0.25, 0.3) is 0 Å². The van der Waals surface area contributed by atoms with Crippen molar-refractivity contribution in [2.75, 3.05) is 0 Å². The lowest BCUT2D eigenvalue weighted by atomic mass is 9.80. The summed E-state index contributed by atoms with van der Waals surface area (Å²) in [6.45, 7) is 3.74. The van der Waals surface area contributed by atoms with Crippen LogP contribution in [0.4, 0.5) is 0 Å². The van der Waals surface area contributed by atoms with Gasteiger partial charge < -0.3 is 5.11 Å². The second kappa shape index (κ2) is 5.89. The van der Waals surface area contributed by atoms with E-state index in [4.69, 9.17) is 0 Å². The van der Waals surface area contributed by atoms with Crippen molar-refractivity contribution in [3.63, 3.8) is 0 Å². The third-order valence-electron chi connectivity index (χ3n) is 4.31. The molecular weight excluding hydrogens is 304 g/mol. The van der Waals surface area contributed by atoms with Crippen LogP contribution in [-0.4, -0.2) is 22.6 Å². The minimum Gasteiger partial charge on any atom is -0.478 e. The Kier molecular flexibility index (Phi) is 3.89. The number of rotatable bonds is 3. The van der Waals surface area contributed by atoms with Crippen molar-refractivity contribution in [1.29, 1.82) is 0 Å². The first-order chi connectivity index (χ1) is 11.4. The van der Waals surface area contributed by atoms with Crippen molar-refractivity contribution in [3.8, 4) is 0 Å². The molecule has 120 valence electrons. The number of ketones is 2. The summed E-state index contributed by atoms with van der Waals surface area (Å²) in [5, 5.41) is 9.25. The van der Waals surface area contributed by atoms with E-state index in [0.717, 1.165) is 22.3 Å². The molecule has 1 unspecified atom stereocenters. The topological polar surface area (TPSA) is 71.4 Å². The highest BCUT2D eigenvalue weighted by atomic mass is 16.4. The van der Waals surface area contributed by atoms with Crippen LogP contribution in [0.5, 0.6) is 0 Å². The predicted octanol–water partition coefficient (Wildman–Crippen LogP) is 3.65. The van der Waals surface area contributed by atoms with Gasteiger partial charge in [-0.05, 0) is 47.4 Å². The Balaban J connectivity index is 2.12. The van der Waals surface area contributed by atoms with Crippen LogP contribution in [0.2, 0.25) is 0 Å². The number of benzene rings is 2. The molecule has 4 nitrogen and oxygen atoms in total. The first-order valence-electron chi connectivity index (χ1n) is 7.63. The summed E-state index contributed by atoms with van der Waals surface area (Å²) < 4.78 is 0. The number of hydrogen-bond donors (Lipinski definition) is 1. The normalized spacial score (nSPS) is 14.8. The van der Waals surface area contributed by atoms with Crippen molar-refractivity contribution >= 4 is 23.1 Å². The van der Waals surface area contributed by atoms with Crippen LogP contribution < -0.4 is 0 Å². The van der Waals surface area contributed by atoms with Gasteiger partial charge in [0, 0.05) is 11.5 Å². The smallest absolute Gasteiger partial charge is 0.335 e. The van der Waals surface area contributed by atoms with Crippen molar-refractivity contribution in [2.24, 2.45) is 0 Å². The molecule has 0 heterocycles. The third kappa shape index (κ3) is 2.67. The molecule has 2 aromatic rings. The van der Waals surface area contributed by atoms with E-state index in [2.05, 4.69) is 0 Å². The molecule has 0 fully saturated rings. The SMILES string of the molecule is Cc1cc(C(=O)O)cc(C(C)C2=CC(=O)C(=O)c3ccccc32)c1. The number of carbonyl (C=O) groups excluding carboxylic acids is 2. The number of aromatic carboxylic acids is 1. The van der Waals surface area contributed by atoms with Gasteiger partial charge in [-0.2, -0.15) is 0 Å². The van der Waals surface area contributed by atoms with Gasteiger partial charge in [0.2, 0.25) is 11.6 Å². The lowest BCUT2D eigenvalue weighted by molar-refractivity contribution is -0.111. The first kappa shape index (κ1) is 15.9. The molecule has 0 saturated carbocycles. The Morgan fingerprint density at radius 3 is 2.38 bits per heavy atom. The Morgan fingerprint density at radius 2 is 1.71 bits per heavy atom. The summed E-state index contributed by atoms with van der Waals surface area (Å²) in [6, 6.07) is 12.1. The molecule has 0 aliphatic heterocycles. The van der Waals surface area contributed by atoms with Gasteiger partial charge >= 0.3 is 5.97 Å². The zero-order valence-corrected chi connectivity index (χ0v) is 13.4. The average Bonchev–Trinajstić information content (AvgIpc) is 2.57. The standard InChI is InChI=1S/C20H16O4/c1-11-7-13(9-14(8-11)20(23)24)12(2)17-10-18(21)19(22)16-6-4-3-5-15(16)17/h3-10,12H,1-2H3,(H,23,24). The third-order valence-corrected chi connectivity index (χ3v) is 4.31. The number of carboxylic acid groups (broad SMARTS) is 1. The number of hydrogen-bond acceptors (Lipinski definition) is 3. The molecule has 1 atom stereocenters. The van der Waals surface area contributed by atoms with E-state index in [1.165, 1.54) is 6.08 Å². The van der Waals surface area contributed by atoms with Crippen molar-refractivity contribution in [1.82, 2.24) is 0 Å². The van der Waals surface area contributed by atoms with Crippen LogP contribution in [0.25, 0.3) is 5.57 Å². The van der Waals surface area contributed by atoms with E-state index in [1.54, 1.807) is 24.3 Å². The Bertz CT molecular complexity index is 906. The van der Waals surface area contributed by atoms with Gasteiger partial charge in [-0.15, -0.1) is 0 Å². The zero-order valence-electron chi connectivity index (χ0n) is 13.4. The molecule has 1 aliphatic rings. The summed E-state index contributed by atoms with van der Waals surface area (Å²) >= 11 is 0. The number of fused-ring (bicyclic) bond motifs is 1. The molecule has 1 N–H and O–H groups in total. The Morgan fingerprint density at radius 1 is 1.04 bits per heavy atom. The number of carboxylic acids is 1. The van der Waals surface area contributed by atoms with Gasteiger partial charge in [-0.3, -0.25) is 9.59 Å². The quantitative estimate of drug-likeness (QED) is 0.876. The Labute approximate surface area is 139 Å². The van der Waals surface area contributed by atoms with Crippen molar-refractivity contribution in [2.45, 2.75) is 19.8 Å². The maximum Gasteiger partial charge on any atom is 0.335 e. The van der Waals surface area contributed by atoms with Crippen LogP contribution >= 0.6 is 0 Å². The largest absolute Gasteiger partial charge is 0.478 e. The monoisotopic (exact) mass is 320 g/mol. The second-order valence-corrected chi connectivity index (χ2v) is 6.00. The molecule has 0 spiro atoms. The molecular formula is C20H16O4. The molecule has 4 heteroatoms. The highest BCUT2D eigenvalue weighted by Gasteiger charge is 2.28. The fourth-order valence-corrected chi connectivity index (χ4v) is 3.07. The van der Waals surface area contributed by atoms with Crippen LogP contribution in [0.15, 0.2) is 48.5 Å². The number of allylic oxidation sites excluding steroid dienone is 2. The van der Waals surface area contributed by atoms with E-state index in [1.807, 2.05) is 32.0 Å². The molecule has 0 aromatic heterocycles. The molecule has 1 aliphatic carbocycles. The van der Waals surface area contributed by atoms with Crippen LogP contribution in [-0.2, 0) is 4.79 Å².